The van der Waals surface area contributed by atoms with Gasteiger partial charge in [-0.2, -0.15) is 0 Å². The first-order chi connectivity index (χ1) is 18.8. The van der Waals surface area contributed by atoms with Gasteiger partial charge in [0.2, 0.25) is 5.91 Å². The molecule has 0 aliphatic rings. The van der Waals surface area contributed by atoms with Crippen LogP contribution in [0.15, 0.2) is 36.4 Å². The van der Waals surface area contributed by atoms with Crippen molar-refractivity contribution in [3.63, 3.8) is 0 Å². The number of hydrogen-bond acceptors (Lipinski definition) is 5. The Morgan fingerprint density at radius 3 is 2.33 bits per heavy atom. The normalized spacial score (nSPS) is 12.8. The molecule has 8 nitrogen and oxygen atoms in total. The zero-order valence-electron chi connectivity index (χ0n) is 24.8. The maximum atomic E-state index is 14.1. The minimum atomic E-state index is -1.30. The highest BCUT2D eigenvalue weighted by Gasteiger charge is 2.37. The van der Waals surface area contributed by atoms with E-state index in [9.17, 15) is 19.5 Å². The van der Waals surface area contributed by atoms with Gasteiger partial charge in [0.1, 0.15) is 17.7 Å². The van der Waals surface area contributed by atoms with Crippen LogP contribution < -0.4 is 10.6 Å². The number of aliphatic hydroxyl groups is 1. The SMILES string of the molecule is CCCCCCN(C(=O)C(CO)NC(=O)OC(C)(C)C)C(C(=O)Nc1c(C)cccc1Cl)c1cc(C)ccc1C. The summed E-state index contributed by atoms with van der Waals surface area (Å²) in [6, 6.07) is 8.73. The van der Waals surface area contributed by atoms with E-state index >= 15 is 0 Å². The summed E-state index contributed by atoms with van der Waals surface area (Å²) in [5, 5.41) is 16.0. The summed E-state index contributed by atoms with van der Waals surface area (Å²) < 4.78 is 5.32. The lowest BCUT2D eigenvalue weighted by molar-refractivity contribution is -0.141. The van der Waals surface area contributed by atoms with E-state index in [1.54, 1.807) is 32.9 Å². The fraction of sp³-hybridized carbons (Fsp3) is 0.516. The van der Waals surface area contributed by atoms with E-state index in [2.05, 4.69) is 17.6 Å². The molecule has 0 spiro atoms. The Hall–Kier alpha value is -3.10. The molecule has 2 atom stereocenters. The van der Waals surface area contributed by atoms with Crippen molar-refractivity contribution in [3.05, 3.63) is 63.7 Å². The molecule has 2 aromatic rings. The third-order valence-corrected chi connectivity index (χ3v) is 6.78. The Labute approximate surface area is 243 Å². The number of aryl methyl sites for hydroxylation is 3. The Morgan fingerprint density at radius 2 is 1.73 bits per heavy atom. The van der Waals surface area contributed by atoms with Gasteiger partial charge < -0.3 is 25.4 Å². The lowest BCUT2D eigenvalue weighted by atomic mass is 9.95. The number of halogens is 1. The van der Waals surface area contributed by atoms with Gasteiger partial charge in [0.15, 0.2) is 0 Å². The number of benzene rings is 2. The molecule has 220 valence electrons. The minimum Gasteiger partial charge on any atom is -0.444 e. The molecule has 2 rings (SSSR count). The molecule has 0 aromatic heterocycles. The average Bonchev–Trinajstić information content (AvgIpc) is 2.87. The highest BCUT2D eigenvalue weighted by atomic mass is 35.5. The van der Waals surface area contributed by atoms with Crippen LogP contribution in [0.4, 0.5) is 10.5 Å². The van der Waals surface area contributed by atoms with E-state index in [-0.39, 0.29) is 6.54 Å². The summed E-state index contributed by atoms with van der Waals surface area (Å²) in [5.74, 6) is -1.02. The van der Waals surface area contributed by atoms with Crippen LogP contribution in [0.3, 0.4) is 0 Å². The van der Waals surface area contributed by atoms with Gasteiger partial charge in [0.25, 0.3) is 5.91 Å². The molecule has 40 heavy (non-hydrogen) atoms. The van der Waals surface area contributed by atoms with E-state index in [1.807, 2.05) is 45.0 Å². The van der Waals surface area contributed by atoms with Crippen molar-refractivity contribution in [1.82, 2.24) is 10.2 Å². The first kappa shape index (κ1) is 33.1. The second kappa shape index (κ2) is 15.1. The summed E-state index contributed by atoms with van der Waals surface area (Å²) in [6.07, 6.45) is 2.64. The third-order valence-electron chi connectivity index (χ3n) is 6.47. The van der Waals surface area contributed by atoms with Gasteiger partial charge in [0.05, 0.1) is 17.3 Å². The monoisotopic (exact) mass is 573 g/mol. The molecule has 3 amide bonds. The van der Waals surface area contributed by atoms with E-state index in [0.717, 1.165) is 36.0 Å². The van der Waals surface area contributed by atoms with Gasteiger partial charge in [-0.25, -0.2) is 4.79 Å². The molecule has 0 saturated carbocycles. The number of aliphatic hydroxyl groups excluding tert-OH is 1. The number of anilines is 1. The Balaban J connectivity index is 2.58. The fourth-order valence-corrected chi connectivity index (χ4v) is 4.67. The van der Waals surface area contributed by atoms with E-state index in [1.165, 1.54) is 4.90 Å². The van der Waals surface area contributed by atoms with Gasteiger partial charge in [-0.3, -0.25) is 9.59 Å². The van der Waals surface area contributed by atoms with Crippen LogP contribution in [0, 0.1) is 20.8 Å². The predicted molar refractivity (Wildman–Crippen MR) is 160 cm³/mol. The smallest absolute Gasteiger partial charge is 0.408 e. The van der Waals surface area contributed by atoms with Crippen molar-refractivity contribution in [2.45, 2.75) is 91.8 Å². The quantitative estimate of drug-likeness (QED) is 0.260. The number of carbonyl (C=O) groups is 3. The Morgan fingerprint density at radius 1 is 1.02 bits per heavy atom. The van der Waals surface area contributed by atoms with Gasteiger partial charge in [0, 0.05) is 6.54 Å². The zero-order chi connectivity index (χ0) is 30.0. The van der Waals surface area contributed by atoms with Crippen LogP contribution in [-0.4, -0.2) is 52.7 Å². The summed E-state index contributed by atoms with van der Waals surface area (Å²) >= 11 is 6.43. The van der Waals surface area contributed by atoms with E-state index in [0.29, 0.717) is 22.7 Å². The second-order valence-corrected chi connectivity index (χ2v) is 11.6. The molecule has 0 bridgehead atoms. The van der Waals surface area contributed by atoms with Crippen LogP contribution in [0.1, 0.15) is 81.7 Å². The maximum Gasteiger partial charge on any atom is 0.408 e. The molecule has 0 fully saturated rings. The topological polar surface area (TPSA) is 108 Å². The summed E-state index contributed by atoms with van der Waals surface area (Å²) in [4.78, 5) is 42.1. The minimum absolute atomic E-state index is 0.248. The molecular weight excluding hydrogens is 530 g/mol. The Kier molecular flexibility index (Phi) is 12.5. The molecule has 0 aliphatic carbocycles. The standard InChI is InChI=1S/C31H44ClN3O5/c1-8-9-10-11-17-35(29(38)25(19-36)33-30(39)40-31(5,6)7)27(23-18-20(2)15-16-21(23)3)28(37)34-26-22(4)13-12-14-24(26)32/h12-16,18,25,27,36H,8-11,17,19H2,1-7H3,(H,33,39)(H,34,37). The van der Waals surface area contributed by atoms with Crippen molar-refractivity contribution in [2.24, 2.45) is 0 Å². The van der Waals surface area contributed by atoms with E-state index < -0.39 is 42.2 Å². The van der Waals surface area contributed by atoms with Crippen molar-refractivity contribution in [3.8, 4) is 0 Å². The number of unbranched alkanes of at least 4 members (excludes halogenated alkanes) is 3. The molecule has 3 N–H and O–H groups in total. The van der Waals surface area contributed by atoms with Crippen LogP contribution in [0.5, 0.6) is 0 Å². The lowest BCUT2D eigenvalue weighted by Crippen LogP contribution is -2.54. The molecule has 0 radical (unpaired) electrons. The van der Waals surface area contributed by atoms with Crippen LogP contribution >= 0.6 is 11.6 Å². The predicted octanol–water partition coefficient (Wildman–Crippen LogP) is 6.24. The number of nitrogens with one attached hydrogen (secondary N) is 2. The van der Waals surface area contributed by atoms with Crippen LogP contribution in [0.25, 0.3) is 0 Å². The number of hydrogen-bond donors (Lipinski definition) is 3. The molecule has 0 aliphatic heterocycles. The van der Waals surface area contributed by atoms with Gasteiger partial charge in [-0.05, 0) is 70.7 Å². The van der Waals surface area contributed by atoms with E-state index in [4.69, 9.17) is 16.3 Å². The van der Waals surface area contributed by atoms with Crippen molar-refractivity contribution in [2.75, 3.05) is 18.5 Å². The Bertz CT molecular complexity index is 1160. The third kappa shape index (κ3) is 9.52. The summed E-state index contributed by atoms with van der Waals surface area (Å²) in [5.41, 5.74) is 2.86. The van der Waals surface area contributed by atoms with Crippen molar-refractivity contribution in [1.29, 1.82) is 0 Å². The van der Waals surface area contributed by atoms with Crippen LogP contribution in [-0.2, 0) is 14.3 Å². The van der Waals surface area contributed by atoms with Crippen molar-refractivity contribution >= 4 is 35.2 Å². The molecule has 0 saturated heterocycles. The van der Waals surface area contributed by atoms with Gasteiger partial charge in [-0.15, -0.1) is 0 Å². The number of rotatable bonds is 12. The second-order valence-electron chi connectivity index (χ2n) is 11.2. The zero-order valence-corrected chi connectivity index (χ0v) is 25.5. The maximum absolute atomic E-state index is 14.1. The molecular formula is C31H44ClN3O5. The largest absolute Gasteiger partial charge is 0.444 e. The van der Waals surface area contributed by atoms with Crippen LogP contribution in [0.2, 0.25) is 5.02 Å². The lowest BCUT2D eigenvalue weighted by Gasteiger charge is -2.35. The first-order valence-electron chi connectivity index (χ1n) is 13.8. The van der Waals surface area contributed by atoms with Gasteiger partial charge >= 0.3 is 6.09 Å². The van der Waals surface area contributed by atoms with Crippen molar-refractivity contribution < 1.29 is 24.2 Å². The number of nitrogens with zero attached hydrogens (tertiary/aromatic N) is 1. The molecule has 0 heterocycles. The number of alkyl carbamates (subject to hydrolysis) is 1. The number of para-hydroxylation sites is 1. The first-order valence-corrected chi connectivity index (χ1v) is 14.2. The molecule has 9 heteroatoms. The van der Waals surface area contributed by atoms with Gasteiger partial charge in [-0.1, -0.05) is 73.7 Å². The fourth-order valence-electron chi connectivity index (χ4n) is 4.40. The number of amides is 3. The molecule has 2 aromatic carbocycles. The summed E-state index contributed by atoms with van der Waals surface area (Å²) in [6.45, 7) is 12.5. The number of carbonyl (C=O) groups excluding carboxylic acids is 3. The molecule has 2 unspecified atom stereocenters. The summed E-state index contributed by atoms with van der Waals surface area (Å²) in [7, 11) is 0. The highest BCUT2D eigenvalue weighted by Crippen LogP contribution is 2.31. The highest BCUT2D eigenvalue weighted by molar-refractivity contribution is 6.34. The average molecular weight is 574 g/mol. The number of ether oxygens (including phenoxy) is 1.